The smallest absolute Gasteiger partial charge is 0.244 e. The van der Waals surface area contributed by atoms with Crippen molar-refractivity contribution in [3.05, 3.63) is 11.9 Å². The predicted molar refractivity (Wildman–Crippen MR) is 71.9 cm³/mol. The van der Waals surface area contributed by atoms with E-state index in [1.807, 2.05) is 13.8 Å². The minimum Gasteiger partial charge on any atom is -0.352 e. The molecule has 1 heterocycles. The molecule has 1 amide bonds. The van der Waals surface area contributed by atoms with Gasteiger partial charge in [-0.1, -0.05) is 5.21 Å². The van der Waals surface area contributed by atoms with Gasteiger partial charge in [0.15, 0.2) is 0 Å². The third-order valence-corrected chi connectivity index (χ3v) is 3.11. The number of carbonyl (C=O) groups excluding carboxylic acids is 1. The Hall–Kier alpha value is -1.47. The van der Waals surface area contributed by atoms with Gasteiger partial charge in [-0.25, -0.2) is 4.68 Å². The molecule has 2 rings (SSSR count). The van der Waals surface area contributed by atoms with Crippen LogP contribution in [-0.2, 0) is 14.3 Å². The Morgan fingerprint density at radius 2 is 2.10 bits per heavy atom. The van der Waals surface area contributed by atoms with Crippen LogP contribution in [0, 0.1) is 0 Å². The topological polar surface area (TPSA) is 78.3 Å². The molecule has 1 saturated carbocycles. The summed E-state index contributed by atoms with van der Waals surface area (Å²) in [5.74, 6) is -0.0340. The standard InChI is InChI=1S/C13H22N4O3/c1-4-19-13(20-5-2)11-8-17(16-15-11)9(3)12(18)14-10-6-7-10/h8-10,13H,4-7H2,1-3H3,(H,14,18). The molecule has 0 radical (unpaired) electrons. The molecule has 20 heavy (non-hydrogen) atoms. The average Bonchev–Trinajstić information content (AvgIpc) is 3.11. The number of hydrogen-bond acceptors (Lipinski definition) is 5. The molecule has 7 nitrogen and oxygen atoms in total. The van der Waals surface area contributed by atoms with E-state index in [-0.39, 0.29) is 11.9 Å². The van der Waals surface area contributed by atoms with Crippen LogP contribution in [0.2, 0.25) is 0 Å². The number of carbonyl (C=O) groups is 1. The summed E-state index contributed by atoms with van der Waals surface area (Å²) in [6.45, 7) is 6.63. The molecule has 112 valence electrons. The number of amides is 1. The quantitative estimate of drug-likeness (QED) is 0.725. The van der Waals surface area contributed by atoms with Crippen LogP contribution in [-0.4, -0.2) is 40.2 Å². The Labute approximate surface area is 118 Å². The molecule has 0 aliphatic heterocycles. The monoisotopic (exact) mass is 282 g/mol. The van der Waals surface area contributed by atoms with Crippen molar-refractivity contribution in [3.8, 4) is 0 Å². The second-order valence-corrected chi connectivity index (χ2v) is 4.82. The Kier molecular flexibility index (Phi) is 5.08. The summed E-state index contributed by atoms with van der Waals surface area (Å²) in [6, 6.07) is -0.0479. The van der Waals surface area contributed by atoms with E-state index in [4.69, 9.17) is 9.47 Å². The van der Waals surface area contributed by atoms with Crippen LogP contribution >= 0.6 is 0 Å². The molecule has 1 unspecified atom stereocenters. The number of aromatic nitrogens is 3. The first-order valence-electron chi connectivity index (χ1n) is 7.11. The lowest BCUT2D eigenvalue weighted by molar-refractivity contribution is -0.142. The minimum absolute atomic E-state index is 0.0340. The van der Waals surface area contributed by atoms with E-state index in [1.54, 1.807) is 13.1 Å². The summed E-state index contributed by atoms with van der Waals surface area (Å²) in [7, 11) is 0. The van der Waals surface area contributed by atoms with Crippen molar-refractivity contribution in [3.63, 3.8) is 0 Å². The van der Waals surface area contributed by atoms with Gasteiger partial charge >= 0.3 is 0 Å². The van der Waals surface area contributed by atoms with E-state index >= 15 is 0 Å². The second kappa shape index (κ2) is 6.81. The zero-order chi connectivity index (χ0) is 14.5. The second-order valence-electron chi connectivity index (χ2n) is 4.82. The highest BCUT2D eigenvalue weighted by atomic mass is 16.7. The lowest BCUT2D eigenvalue weighted by Gasteiger charge is -2.14. The fourth-order valence-corrected chi connectivity index (χ4v) is 1.78. The molecule has 1 aromatic heterocycles. The van der Waals surface area contributed by atoms with Gasteiger partial charge in [-0.3, -0.25) is 4.79 Å². The lowest BCUT2D eigenvalue weighted by atomic mass is 10.3. The summed E-state index contributed by atoms with van der Waals surface area (Å²) in [5.41, 5.74) is 0.583. The summed E-state index contributed by atoms with van der Waals surface area (Å²) >= 11 is 0. The normalized spacial score (nSPS) is 16.4. The Morgan fingerprint density at radius 1 is 1.45 bits per heavy atom. The molecule has 0 saturated heterocycles. The van der Waals surface area contributed by atoms with E-state index in [2.05, 4.69) is 15.6 Å². The van der Waals surface area contributed by atoms with Gasteiger partial charge < -0.3 is 14.8 Å². The van der Waals surface area contributed by atoms with Crippen LogP contribution in [0.5, 0.6) is 0 Å². The molecular formula is C13H22N4O3. The number of ether oxygens (including phenoxy) is 2. The Bertz CT molecular complexity index is 439. The molecule has 0 aromatic carbocycles. The van der Waals surface area contributed by atoms with E-state index < -0.39 is 6.29 Å². The van der Waals surface area contributed by atoms with Gasteiger partial charge in [-0.2, -0.15) is 0 Å². The van der Waals surface area contributed by atoms with Crippen LogP contribution in [0.4, 0.5) is 0 Å². The van der Waals surface area contributed by atoms with E-state index in [1.165, 1.54) is 4.68 Å². The third-order valence-electron chi connectivity index (χ3n) is 3.11. The van der Waals surface area contributed by atoms with Gasteiger partial charge in [0.2, 0.25) is 12.2 Å². The van der Waals surface area contributed by atoms with Crippen molar-refractivity contribution in [2.24, 2.45) is 0 Å². The average molecular weight is 282 g/mol. The van der Waals surface area contributed by atoms with Crippen LogP contribution in [0.1, 0.15) is 51.6 Å². The van der Waals surface area contributed by atoms with Gasteiger partial charge in [-0.15, -0.1) is 5.10 Å². The summed E-state index contributed by atoms with van der Waals surface area (Å²) in [6.07, 6.45) is 3.31. The SMILES string of the molecule is CCOC(OCC)c1cn(C(C)C(=O)NC2CC2)nn1. The fraction of sp³-hybridized carbons (Fsp3) is 0.769. The summed E-state index contributed by atoms with van der Waals surface area (Å²) in [4.78, 5) is 12.0. The number of hydrogen-bond donors (Lipinski definition) is 1. The van der Waals surface area contributed by atoms with Crippen molar-refractivity contribution < 1.29 is 14.3 Å². The van der Waals surface area contributed by atoms with E-state index in [9.17, 15) is 4.79 Å². The highest BCUT2D eigenvalue weighted by Gasteiger charge is 2.27. The molecule has 1 aliphatic carbocycles. The number of nitrogens with one attached hydrogen (secondary N) is 1. The first kappa shape index (κ1) is 14.9. The van der Waals surface area contributed by atoms with E-state index in [0.29, 0.717) is 24.9 Å². The molecular weight excluding hydrogens is 260 g/mol. The first-order chi connectivity index (χ1) is 9.65. The van der Waals surface area contributed by atoms with Gasteiger partial charge in [0, 0.05) is 19.3 Å². The molecule has 0 bridgehead atoms. The van der Waals surface area contributed by atoms with E-state index in [0.717, 1.165) is 12.8 Å². The lowest BCUT2D eigenvalue weighted by Crippen LogP contribution is -2.32. The zero-order valence-corrected chi connectivity index (χ0v) is 12.2. The van der Waals surface area contributed by atoms with Crippen molar-refractivity contribution in [2.45, 2.75) is 52.0 Å². The van der Waals surface area contributed by atoms with Crippen molar-refractivity contribution in [2.75, 3.05) is 13.2 Å². The van der Waals surface area contributed by atoms with Gasteiger partial charge in [0.25, 0.3) is 0 Å². The number of nitrogens with zero attached hydrogens (tertiary/aromatic N) is 3. The number of rotatable bonds is 8. The van der Waals surface area contributed by atoms with Crippen molar-refractivity contribution >= 4 is 5.91 Å². The van der Waals surface area contributed by atoms with Gasteiger partial charge in [-0.05, 0) is 33.6 Å². The van der Waals surface area contributed by atoms with Crippen LogP contribution in [0.15, 0.2) is 6.20 Å². The first-order valence-corrected chi connectivity index (χ1v) is 7.11. The maximum absolute atomic E-state index is 12.0. The van der Waals surface area contributed by atoms with Crippen molar-refractivity contribution in [1.82, 2.24) is 20.3 Å². The molecule has 1 atom stereocenters. The van der Waals surface area contributed by atoms with Gasteiger partial charge in [0.1, 0.15) is 11.7 Å². The van der Waals surface area contributed by atoms with Crippen molar-refractivity contribution in [1.29, 1.82) is 0 Å². The molecule has 1 aliphatic rings. The predicted octanol–water partition coefficient (Wildman–Crippen LogP) is 1.19. The Balaban J connectivity index is 2.00. The third kappa shape index (κ3) is 3.77. The largest absolute Gasteiger partial charge is 0.352 e. The zero-order valence-electron chi connectivity index (χ0n) is 12.2. The Morgan fingerprint density at radius 3 is 2.65 bits per heavy atom. The molecule has 0 spiro atoms. The highest BCUT2D eigenvalue weighted by Crippen LogP contribution is 2.21. The summed E-state index contributed by atoms with van der Waals surface area (Å²) < 4.78 is 12.5. The summed E-state index contributed by atoms with van der Waals surface area (Å²) in [5, 5.41) is 11.0. The maximum atomic E-state index is 12.0. The van der Waals surface area contributed by atoms with Crippen LogP contribution in [0.25, 0.3) is 0 Å². The van der Waals surface area contributed by atoms with Gasteiger partial charge in [0.05, 0.1) is 6.20 Å². The fourth-order valence-electron chi connectivity index (χ4n) is 1.78. The maximum Gasteiger partial charge on any atom is 0.244 e. The molecule has 7 heteroatoms. The van der Waals surface area contributed by atoms with Crippen LogP contribution in [0.3, 0.4) is 0 Å². The molecule has 1 N–H and O–H groups in total. The van der Waals surface area contributed by atoms with Crippen LogP contribution < -0.4 is 5.32 Å². The molecule has 1 aromatic rings. The minimum atomic E-state index is -0.530. The molecule has 1 fully saturated rings. The highest BCUT2D eigenvalue weighted by molar-refractivity contribution is 5.80.